The Labute approximate surface area is 151 Å². The van der Waals surface area contributed by atoms with E-state index in [2.05, 4.69) is 32.0 Å². The van der Waals surface area contributed by atoms with Gasteiger partial charge in [-0.2, -0.15) is 0 Å². The number of thioether (sulfide) groups is 1. The zero-order valence-electron chi connectivity index (χ0n) is 12.5. The molecule has 4 rings (SSSR count). The van der Waals surface area contributed by atoms with Crippen molar-refractivity contribution in [3.8, 4) is 21.3 Å². The summed E-state index contributed by atoms with van der Waals surface area (Å²) < 4.78 is 1.53. The molecule has 0 fully saturated rings. The summed E-state index contributed by atoms with van der Waals surface area (Å²) in [4.78, 5) is 5.87. The third-order valence-electron chi connectivity index (χ3n) is 3.33. The van der Waals surface area contributed by atoms with Gasteiger partial charge in [0.1, 0.15) is 5.01 Å². The predicted octanol–water partition coefficient (Wildman–Crippen LogP) is 4.14. The first-order chi connectivity index (χ1) is 11.8. The highest BCUT2D eigenvalue weighted by Crippen LogP contribution is 2.30. The summed E-state index contributed by atoms with van der Waals surface area (Å²) >= 11 is 4.90. The fourth-order valence-electron chi connectivity index (χ4n) is 2.18. The van der Waals surface area contributed by atoms with Crippen molar-refractivity contribution in [2.45, 2.75) is 10.9 Å². The van der Waals surface area contributed by atoms with Crippen molar-refractivity contribution in [3.05, 3.63) is 58.9 Å². The molecule has 8 heteroatoms. The van der Waals surface area contributed by atoms with E-state index in [1.54, 1.807) is 22.7 Å². The number of benzene rings is 1. The molecule has 0 aliphatic rings. The van der Waals surface area contributed by atoms with Gasteiger partial charge in [-0.3, -0.25) is 0 Å². The largest absolute Gasteiger partial charge is 0.335 e. The van der Waals surface area contributed by atoms with Crippen LogP contribution in [0.25, 0.3) is 21.3 Å². The predicted molar refractivity (Wildman–Crippen MR) is 101 cm³/mol. The Balaban J connectivity index is 1.48. The van der Waals surface area contributed by atoms with E-state index in [0.29, 0.717) is 16.7 Å². The van der Waals surface area contributed by atoms with Crippen molar-refractivity contribution >= 4 is 34.4 Å². The first-order valence-corrected chi connectivity index (χ1v) is 9.93. The molecule has 2 N–H and O–H groups in total. The first kappa shape index (κ1) is 15.4. The third kappa shape index (κ3) is 3.08. The van der Waals surface area contributed by atoms with Gasteiger partial charge in [-0.1, -0.05) is 48.2 Å². The number of aromatic nitrogens is 4. The molecule has 1 aromatic carbocycles. The number of rotatable bonds is 5. The SMILES string of the molecule is Nn1c(SCc2csc(-c3cccs3)n2)nnc1-c1ccccc1. The summed E-state index contributed by atoms with van der Waals surface area (Å²) in [5.74, 6) is 7.51. The molecule has 0 atom stereocenters. The van der Waals surface area contributed by atoms with Crippen LogP contribution in [0, 0.1) is 0 Å². The van der Waals surface area contributed by atoms with E-state index in [4.69, 9.17) is 5.84 Å². The normalized spacial score (nSPS) is 11.0. The minimum absolute atomic E-state index is 0.663. The molecule has 5 nitrogen and oxygen atoms in total. The maximum absolute atomic E-state index is 6.14. The van der Waals surface area contributed by atoms with E-state index >= 15 is 0 Å². The Morgan fingerprint density at radius 2 is 1.92 bits per heavy atom. The minimum atomic E-state index is 0.663. The van der Waals surface area contributed by atoms with Crippen LogP contribution in [0.5, 0.6) is 0 Å². The fourth-order valence-corrected chi connectivity index (χ4v) is 4.67. The Morgan fingerprint density at radius 1 is 1.04 bits per heavy atom. The molecule has 120 valence electrons. The molecular weight excluding hydrogens is 358 g/mol. The minimum Gasteiger partial charge on any atom is -0.335 e. The van der Waals surface area contributed by atoms with Gasteiger partial charge in [0.15, 0.2) is 5.82 Å². The number of hydrogen-bond donors (Lipinski definition) is 1. The summed E-state index contributed by atoms with van der Waals surface area (Å²) in [7, 11) is 0. The Kier molecular flexibility index (Phi) is 4.33. The quantitative estimate of drug-likeness (QED) is 0.422. The maximum atomic E-state index is 6.14. The van der Waals surface area contributed by atoms with Crippen molar-refractivity contribution in [2.75, 3.05) is 5.84 Å². The summed E-state index contributed by atoms with van der Waals surface area (Å²) in [6, 6.07) is 13.9. The second-order valence-electron chi connectivity index (χ2n) is 4.95. The molecule has 4 aromatic rings. The zero-order chi connectivity index (χ0) is 16.4. The highest BCUT2D eigenvalue weighted by Gasteiger charge is 2.13. The number of nitrogens with two attached hydrogens (primary N) is 1. The van der Waals surface area contributed by atoms with Gasteiger partial charge in [0.25, 0.3) is 0 Å². The smallest absolute Gasteiger partial charge is 0.210 e. The van der Waals surface area contributed by atoms with E-state index in [1.807, 2.05) is 36.4 Å². The highest BCUT2D eigenvalue weighted by atomic mass is 32.2. The molecule has 0 aliphatic heterocycles. The number of thiazole rings is 1. The molecule has 0 saturated carbocycles. The molecule has 3 aromatic heterocycles. The topological polar surface area (TPSA) is 69.6 Å². The fraction of sp³-hybridized carbons (Fsp3) is 0.0625. The lowest BCUT2D eigenvalue weighted by Gasteiger charge is -2.02. The second-order valence-corrected chi connectivity index (χ2v) is 7.70. The summed E-state index contributed by atoms with van der Waals surface area (Å²) in [6.45, 7) is 0. The van der Waals surface area contributed by atoms with Gasteiger partial charge in [0.05, 0.1) is 10.6 Å². The molecular formula is C16H13N5S3. The summed E-state index contributed by atoms with van der Waals surface area (Å²) in [5.41, 5.74) is 1.98. The molecule has 24 heavy (non-hydrogen) atoms. The molecule has 0 amide bonds. The molecule has 0 unspecified atom stereocenters. The van der Waals surface area contributed by atoms with Crippen LogP contribution in [-0.2, 0) is 5.75 Å². The molecule has 3 heterocycles. The number of nitrogen functional groups attached to an aromatic ring is 1. The highest BCUT2D eigenvalue weighted by molar-refractivity contribution is 7.98. The zero-order valence-corrected chi connectivity index (χ0v) is 14.9. The van der Waals surface area contributed by atoms with Crippen LogP contribution in [0.1, 0.15) is 5.69 Å². The van der Waals surface area contributed by atoms with E-state index in [0.717, 1.165) is 16.3 Å². The van der Waals surface area contributed by atoms with Crippen LogP contribution in [0.15, 0.2) is 58.4 Å². The van der Waals surface area contributed by atoms with Gasteiger partial charge in [0, 0.05) is 16.7 Å². The summed E-state index contributed by atoms with van der Waals surface area (Å²) in [5, 5.41) is 14.3. The monoisotopic (exact) mass is 371 g/mol. The van der Waals surface area contributed by atoms with Crippen LogP contribution >= 0.6 is 34.4 Å². The number of nitrogens with zero attached hydrogens (tertiary/aromatic N) is 4. The maximum Gasteiger partial charge on any atom is 0.210 e. The van der Waals surface area contributed by atoms with Gasteiger partial charge >= 0.3 is 0 Å². The Bertz CT molecular complexity index is 928. The van der Waals surface area contributed by atoms with Gasteiger partial charge in [-0.05, 0) is 11.4 Å². The molecule has 0 saturated heterocycles. The van der Waals surface area contributed by atoms with Gasteiger partial charge < -0.3 is 5.84 Å². The Hall–Kier alpha value is -2.16. The van der Waals surface area contributed by atoms with Crippen LogP contribution < -0.4 is 5.84 Å². The lowest BCUT2D eigenvalue weighted by molar-refractivity contribution is 0.849. The van der Waals surface area contributed by atoms with Crippen molar-refractivity contribution in [3.63, 3.8) is 0 Å². The first-order valence-electron chi connectivity index (χ1n) is 7.18. The second kappa shape index (κ2) is 6.76. The van der Waals surface area contributed by atoms with Crippen LogP contribution in [0.3, 0.4) is 0 Å². The standard InChI is InChI=1S/C16H13N5S3/c17-21-14(11-5-2-1-3-6-11)19-20-16(21)24-10-12-9-23-15(18-12)13-7-4-8-22-13/h1-9H,10,17H2. The van der Waals surface area contributed by atoms with Crippen molar-refractivity contribution in [1.82, 2.24) is 19.9 Å². The van der Waals surface area contributed by atoms with Crippen molar-refractivity contribution in [2.24, 2.45) is 0 Å². The molecule has 0 aliphatic carbocycles. The van der Waals surface area contributed by atoms with Crippen molar-refractivity contribution in [1.29, 1.82) is 0 Å². The summed E-state index contributed by atoms with van der Waals surface area (Å²) in [6.07, 6.45) is 0. The van der Waals surface area contributed by atoms with Crippen LogP contribution in [0.4, 0.5) is 0 Å². The van der Waals surface area contributed by atoms with Gasteiger partial charge in [-0.25, -0.2) is 9.66 Å². The van der Waals surface area contributed by atoms with E-state index in [-0.39, 0.29) is 0 Å². The molecule has 0 bridgehead atoms. The van der Waals surface area contributed by atoms with E-state index < -0.39 is 0 Å². The molecule has 0 radical (unpaired) electrons. The number of hydrogen-bond acceptors (Lipinski definition) is 7. The average Bonchev–Trinajstić information content (AvgIpc) is 3.35. The van der Waals surface area contributed by atoms with Crippen LogP contribution in [-0.4, -0.2) is 19.9 Å². The van der Waals surface area contributed by atoms with Crippen molar-refractivity contribution < 1.29 is 0 Å². The van der Waals surface area contributed by atoms with Gasteiger partial charge in [-0.15, -0.1) is 32.9 Å². The van der Waals surface area contributed by atoms with Crippen LogP contribution in [0.2, 0.25) is 0 Å². The lowest BCUT2D eigenvalue weighted by Crippen LogP contribution is -2.11. The lowest BCUT2D eigenvalue weighted by atomic mass is 10.2. The van der Waals surface area contributed by atoms with E-state index in [9.17, 15) is 0 Å². The molecule has 0 spiro atoms. The Morgan fingerprint density at radius 3 is 2.71 bits per heavy atom. The third-order valence-corrected chi connectivity index (χ3v) is 6.24. The average molecular weight is 372 g/mol. The van der Waals surface area contributed by atoms with E-state index in [1.165, 1.54) is 21.3 Å². The number of thiophene rings is 1. The van der Waals surface area contributed by atoms with Gasteiger partial charge in [0.2, 0.25) is 5.16 Å².